The van der Waals surface area contributed by atoms with Crippen molar-refractivity contribution in [3.05, 3.63) is 75.9 Å². The van der Waals surface area contributed by atoms with Gasteiger partial charge in [0.1, 0.15) is 0 Å². The molecule has 112 valence electrons. The van der Waals surface area contributed by atoms with E-state index < -0.39 is 4.92 Å². The average molecular weight is 297 g/mol. The molecule has 1 aromatic rings. The molecule has 1 amide bonds. The van der Waals surface area contributed by atoms with Crippen LogP contribution in [0.1, 0.15) is 18.5 Å². The number of benzene rings is 1. The first-order valence-electron chi connectivity index (χ1n) is 6.93. The van der Waals surface area contributed by atoms with E-state index in [0.717, 1.165) is 11.1 Å². The monoisotopic (exact) mass is 297 g/mol. The number of amides is 1. The average Bonchev–Trinajstić information content (AvgIpc) is 2.86. The van der Waals surface area contributed by atoms with Gasteiger partial charge in [0.15, 0.2) is 0 Å². The number of rotatable bonds is 3. The van der Waals surface area contributed by atoms with Crippen molar-refractivity contribution >= 4 is 11.6 Å². The Labute approximate surface area is 127 Å². The summed E-state index contributed by atoms with van der Waals surface area (Å²) in [6.45, 7) is 1.47. The van der Waals surface area contributed by atoms with Crippen LogP contribution in [-0.2, 0) is 4.79 Å². The zero-order valence-electron chi connectivity index (χ0n) is 12.0. The molecule has 2 atom stereocenters. The van der Waals surface area contributed by atoms with Gasteiger partial charge in [0, 0.05) is 19.1 Å². The molecular weight excluding hydrogens is 282 g/mol. The quantitative estimate of drug-likeness (QED) is 0.686. The van der Waals surface area contributed by atoms with Crippen molar-refractivity contribution in [3.8, 4) is 0 Å². The van der Waals surface area contributed by atoms with Gasteiger partial charge >= 0.3 is 0 Å². The second kappa shape index (κ2) is 5.57. The molecule has 1 heterocycles. The molecule has 0 aromatic heterocycles. The van der Waals surface area contributed by atoms with Crippen molar-refractivity contribution in [3.63, 3.8) is 0 Å². The molecule has 2 aliphatic rings. The Morgan fingerprint density at radius 1 is 1.23 bits per heavy atom. The van der Waals surface area contributed by atoms with Crippen LogP contribution in [0.15, 0.2) is 60.2 Å². The molecule has 0 saturated heterocycles. The van der Waals surface area contributed by atoms with E-state index in [1.54, 1.807) is 12.1 Å². The first-order chi connectivity index (χ1) is 10.6. The summed E-state index contributed by atoms with van der Waals surface area (Å²) in [5, 5.41) is 12.6. The molecule has 0 fully saturated rings. The maximum atomic E-state index is 11.5. The van der Waals surface area contributed by atoms with Gasteiger partial charge in [-0.05, 0) is 11.1 Å². The number of nitro benzene ring substituents is 1. The summed E-state index contributed by atoms with van der Waals surface area (Å²) in [7, 11) is 0. The Balaban J connectivity index is 1.94. The fourth-order valence-electron chi connectivity index (χ4n) is 2.76. The van der Waals surface area contributed by atoms with E-state index in [0.29, 0.717) is 0 Å². The van der Waals surface area contributed by atoms with E-state index in [4.69, 9.17) is 0 Å². The van der Waals surface area contributed by atoms with Crippen LogP contribution in [0.4, 0.5) is 5.69 Å². The minimum atomic E-state index is -0.423. The summed E-state index contributed by atoms with van der Waals surface area (Å²) in [5.41, 5.74) is 4.89. The van der Waals surface area contributed by atoms with Gasteiger partial charge < -0.3 is 0 Å². The zero-order chi connectivity index (χ0) is 15.7. The Morgan fingerprint density at radius 3 is 2.59 bits per heavy atom. The fraction of sp³-hybridized carbons (Fsp3) is 0.188. The number of carbonyl (C=O) groups is 1. The lowest BCUT2D eigenvalue weighted by molar-refractivity contribution is -0.384. The number of nitrogens with one attached hydrogen (secondary N) is 1. The Kier molecular flexibility index (Phi) is 3.60. The predicted octanol–water partition coefficient (Wildman–Crippen LogP) is 2.42. The van der Waals surface area contributed by atoms with E-state index in [1.807, 2.05) is 29.3 Å². The molecule has 0 unspecified atom stereocenters. The summed E-state index contributed by atoms with van der Waals surface area (Å²) in [6.07, 6.45) is 9.96. The number of carbonyl (C=O) groups excluding carboxylic acids is 1. The summed E-state index contributed by atoms with van der Waals surface area (Å²) < 4.78 is 0. The van der Waals surface area contributed by atoms with Gasteiger partial charge in [-0.2, -0.15) is 5.01 Å². The normalized spacial score (nSPS) is 23.0. The molecule has 0 spiro atoms. The largest absolute Gasteiger partial charge is 0.287 e. The lowest BCUT2D eigenvalue weighted by Gasteiger charge is -2.30. The second-order valence-corrected chi connectivity index (χ2v) is 5.22. The van der Waals surface area contributed by atoms with Crippen molar-refractivity contribution in [1.29, 1.82) is 0 Å². The predicted molar refractivity (Wildman–Crippen MR) is 81.6 cm³/mol. The summed E-state index contributed by atoms with van der Waals surface area (Å²) in [5.74, 6) is -0.149. The highest BCUT2D eigenvalue weighted by Crippen LogP contribution is 2.36. The maximum Gasteiger partial charge on any atom is 0.269 e. The Hall–Kier alpha value is -2.73. The topological polar surface area (TPSA) is 75.5 Å². The van der Waals surface area contributed by atoms with Gasteiger partial charge in [-0.15, -0.1) is 0 Å². The van der Waals surface area contributed by atoms with Crippen molar-refractivity contribution in [1.82, 2.24) is 10.4 Å². The van der Waals surface area contributed by atoms with Crippen molar-refractivity contribution in [2.75, 3.05) is 0 Å². The highest BCUT2D eigenvalue weighted by molar-refractivity contribution is 5.72. The van der Waals surface area contributed by atoms with Gasteiger partial charge in [0.25, 0.3) is 5.69 Å². The second-order valence-electron chi connectivity index (χ2n) is 5.22. The van der Waals surface area contributed by atoms with Gasteiger partial charge in [-0.1, -0.05) is 42.5 Å². The Morgan fingerprint density at radius 2 is 1.95 bits per heavy atom. The third kappa shape index (κ3) is 2.56. The first kappa shape index (κ1) is 14.2. The maximum absolute atomic E-state index is 11.5. The SMILES string of the molecule is CC(=O)NN1[C@@H](c2ccc([N+](=O)[O-])cc2)C=C2C=CC=C[C@@H]21. The minimum Gasteiger partial charge on any atom is -0.287 e. The van der Waals surface area contributed by atoms with Gasteiger partial charge in [0.2, 0.25) is 5.91 Å². The van der Waals surface area contributed by atoms with Crippen LogP contribution < -0.4 is 5.43 Å². The standard InChI is InChI=1S/C16H15N3O3/c1-11(20)17-18-15-5-3-2-4-13(15)10-16(18)12-6-8-14(9-7-12)19(21)22/h2-10,15-16H,1H3,(H,17,20)/t15-,16+/m0/s1. The van der Waals surface area contributed by atoms with Crippen LogP contribution >= 0.6 is 0 Å². The molecule has 1 aromatic carbocycles. The van der Waals surface area contributed by atoms with Crippen LogP contribution in [0.2, 0.25) is 0 Å². The number of non-ortho nitro benzene ring substituents is 1. The summed E-state index contributed by atoms with van der Waals surface area (Å²) >= 11 is 0. The van der Waals surface area contributed by atoms with Gasteiger partial charge in [-0.3, -0.25) is 20.3 Å². The molecule has 3 rings (SSSR count). The minimum absolute atomic E-state index is 0.0194. The lowest BCUT2D eigenvalue weighted by Crippen LogP contribution is -2.46. The van der Waals surface area contributed by atoms with E-state index in [1.165, 1.54) is 19.1 Å². The molecule has 0 radical (unpaired) electrons. The number of allylic oxidation sites excluding steroid dienone is 2. The molecule has 1 aliphatic heterocycles. The number of hydrogen-bond acceptors (Lipinski definition) is 4. The molecule has 22 heavy (non-hydrogen) atoms. The molecule has 1 aliphatic carbocycles. The molecule has 6 heteroatoms. The van der Waals surface area contributed by atoms with Gasteiger partial charge in [0.05, 0.1) is 17.0 Å². The summed E-state index contributed by atoms with van der Waals surface area (Å²) in [6, 6.07) is 6.23. The number of hydrogen-bond donors (Lipinski definition) is 1. The number of hydrazine groups is 1. The molecule has 0 saturated carbocycles. The van der Waals surface area contributed by atoms with Crippen molar-refractivity contribution < 1.29 is 9.72 Å². The number of fused-ring (bicyclic) bond motifs is 1. The van der Waals surface area contributed by atoms with Crippen LogP contribution in [0, 0.1) is 10.1 Å². The fourth-order valence-corrected chi connectivity index (χ4v) is 2.76. The van der Waals surface area contributed by atoms with E-state index in [9.17, 15) is 14.9 Å². The molecule has 6 nitrogen and oxygen atoms in total. The first-order valence-corrected chi connectivity index (χ1v) is 6.93. The number of nitrogens with zero attached hydrogens (tertiary/aromatic N) is 2. The summed E-state index contributed by atoms with van der Waals surface area (Å²) in [4.78, 5) is 21.8. The molecular formula is C16H15N3O3. The third-order valence-electron chi connectivity index (χ3n) is 3.72. The smallest absolute Gasteiger partial charge is 0.269 e. The van der Waals surface area contributed by atoms with Crippen molar-refractivity contribution in [2.24, 2.45) is 0 Å². The zero-order valence-corrected chi connectivity index (χ0v) is 12.0. The van der Waals surface area contributed by atoms with Crippen LogP contribution in [0.3, 0.4) is 0 Å². The lowest BCUT2D eigenvalue weighted by atomic mass is 10.0. The number of nitro groups is 1. The highest BCUT2D eigenvalue weighted by atomic mass is 16.6. The van der Waals surface area contributed by atoms with E-state index in [-0.39, 0.29) is 23.7 Å². The van der Waals surface area contributed by atoms with Crippen LogP contribution in [-0.4, -0.2) is 21.9 Å². The van der Waals surface area contributed by atoms with Gasteiger partial charge in [-0.25, -0.2) is 0 Å². The van der Waals surface area contributed by atoms with E-state index in [2.05, 4.69) is 11.5 Å². The Bertz CT molecular complexity index is 704. The van der Waals surface area contributed by atoms with E-state index >= 15 is 0 Å². The molecule has 1 N–H and O–H groups in total. The third-order valence-corrected chi connectivity index (χ3v) is 3.72. The highest BCUT2D eigenvalue weighted by Gasteiger charge is 2.34. The van der Waals surface area contributed by atoms with Crippen molar-refractivity contribution in [2.45, 2.75) is 19.0 Å². The molecule has 0 bridgehead atoms. The van der Waals surface area contributed by atoms with Crippen LogP contribution in [0.25, 0.3) is 0 Å². The van der Waals surface area contributed by atoms with Crippen LogP contribution in [0.5, 0.6) is 0 Å².